The molecule has 1 heterocycles. The zero-order valence-electron chi connectivity index (χ0n) is 11.9. The van der Waals surface area contributed by atoms with Crippen LogP contribution in [0, 0.1) is 0 Å². The van der Waals surface area contributed by atoms with E-state index < -0.39 is 0 Å². The second kappa shape index (κ2) is 6.69. The number of nitrogens with one attached hydrogen (secondary N) is 1. The van der Waals surface area contributed by atoms with Crippen LogP contribution in [0.1, 0.15) is 26.7 Å². The highest BCUT2D eigenvalue weighted by molar-refractivity contribution is 4.82. The average molecular weight is 243 g/mol. The Balaban J connectivity index is 2.26. The van der Waals surface area contributed by atoms with E-state index in [4.69, 9.17) is 0 Å². The summed E-state index contributed by atoms with van der Waals surface area (Å²) in [6.07, 6.45) is 2.17. The van der Waals surface area contributed by atoms with E-state index >= 15 is 0 Å². The van der Waals surface area contributed by atoms with Crippen molar-refractivity contribution in [1.82, 2.24) is 15.1 Å². The molecule has 0 saturated carbocycles. The third-order valence-corrected chi connectivity index (χ3v) is 4.09. The lowest BCUT2D eigenvalue weighted by Crippen LogP contribution is -2.51. The van der Waals surface area contributed by atoms with Gasteiger partial charge in [-0.3, -0.25) is 4.90 Å². The van der Waals surface area contributed by atoms with Crippen LogP contribution in [0.25, 0.3) is 0 Å². The minimum atomic E-state index is -0.115. The molecule has 1 fully saturated rings. The number of hydrogen-bond donors (Lipinski definition) is 2. The molecule has 1 aliphatic heterocycles. The number of aliphatic hydroxyl groups excluding tert-OH is 1. The van der Waals surface area contributed by atoms with E-state index in [1.807, 2.05) is 7.05 Å². The molecule has 1 saturated heterocycles. The third kappa shape index (κ3) is 4.54. The van der Waals surface area contributed by atoms with Gasteiger partial charge in [-0.1, -0.05) is 0 Å². The van der Waals surface area contributed by atoms with E-state index in [0.717, 1.165) is 19.4 Å². The van der Waals surface area contributed by atoms with Gasteiger partial charge in [0.2, 0.25) is 0 Å². The molecular formula is C13H29N3O. The molecule has 4 heteroatoms. The maximum atomic E-state index is 9.33. The number of nitrogens with zero attached hydrogens (tertiary/aromatic N) is 2. The molecule has 0 spiro atoms. The number of piperazine rings is 1. The van der Waals surface area contributed by atoms with Crippen molar-refractivity contribution < 1.29 is 5.11 Å². The topological polar surface area (TPSA) is 38.7 Å². The average Bonchev–Trinajstić information content (AvgIpc) is 2.32. The molecule has 0 aromatic carbocycles. The van der Waals surface area contributed by atoms with Gasteiger partial charge >= 0.3 is 0 Å². The molecule has 2 atom stereocenters. The number of likely N-dealkylation sites (N-methyl/N-ethyl adjacent to an activating group) is 2. The standard InChI is InChI=1S/C13H29N3O/c1-12-10-15(4)8-9-16(12)7-5-6-13(2,11-17)14-3/h12,14,17H,5-11H2,1-4H3. The SMILES string of the molecule is CNC(C)(CO)CCCN1CCN(C)CC1C. The van der Waals surface area contributed by atoms with Crippen LogP contribution in [0.3, 0.4) is 0 Å². The van der Waals surface area contributed by atoms with Crippen molar-refractivity contribution in [3.05, 3.63) is 0 Å². The van der Waals surface area contributed by atoms with Gasteiger partial charge in [-0.05, 0) is 47.3 Å². The van der Waals surface area contributed by atoms with E-state index in [9.17, 15) is 5.11 Å². The van der Waals surface area contributed by atoms with Gasteiger partial charge in [0.15, 0.2) is 0 Å². The number of rotatable bonds is 6. The molecule has 1 aliphatic rings. The fourth-order valence-corrected chi connectivity index (χ4v) is 2.46. The van der Waals surface area contributed by atoms with Crippen molar-refractivity contribution >= 4 is 0 Å². The molecule has 0 amide bonds. The quantitative estimate of drug-likeness (QED) is 0.707. The van der Waals surface area contributed by atoms with E-state index in [-0.39, 0.29) is 12.1 Å². The molecule has 0 aromatic rings. The predicted octanol–water partition coefficient (Wildman–Crippen LogP) is 0.373. The van der Waals surface area contributed by atoms with Gasteiger partial charge in [0.05, 0.1) is 6.61 Å². The molecule has 0 radical (unpaired) electrons. The van der Waals surface area contributed by atoms with Crippen LogP contribution in [-0.2, 0) is 0 Å². The summed E-state index contributed by atoms with van der Waals surface area (Å²) in [5.74, 6) is 0. The molecule has 2 N–H and O–H groups in total. The van der Waals surface area contributed by atoms with Gasteiger partial charge in [-0.15, -0.1) is 0 Å². The fourth-order valence-electron chi connectivity index (χ4n) is 2.46. The van der Waals surface area contributed by atoms with Crippen LogP contribution < -0.4 is 5.32 Å². The van der Waals surface area contributed by atoms with Crippen LogP contribution in [0.2, 0.25) is 0 Å². The summed E-state index contributed by atoms with van der Waals surface area (Å²) in [5, 5.41) is 12.5. The van der Waals surface area contributed by atoms with Crippen LogP contribution in [0.15, 0.2) is 0 Å². The molecule has 102 valence electrons. The van der Waals surface area contributed by atoms with Gasteiger partial charge in [0.25, 0.3) is 0 Å². The largest absolute Gasteiger partial charge is 0.394 e. The zero-order valence-corrected chi connectivity index (χ0v) is 11.9. The van der Waals surface area contributed by atoms with Gasteiger partial charge in [-0.2, -0.15) is 0 Å². The Morgan fingerprint density at radius 2 is 2.12 bits per heavy atom. The van der Waals surface area contributed by atoms with E-state index in [1.165, 1.54) is 19.6 Å². The van der Waals surface area contributed by atoms with E-state index in [0.29, 0.717) is 6.04 Å². The van der Waals surface area contributed by atoms with Crippen LogP contribution in [0.4, 0.5) is 0 Å². The summed E-state index contributed by atoms with van der Waals surface area (Å²) in [5.41, 5.74) is -0.115. The molecule has 0 aromatic heterocycles. The highest BCUT2D eigenvalue weighted by Gasteiger charge is 2.23. The number of aliphatic hydroxyl groups is 1. The predicted molar refractivity (Wildman–Crippen MR) is 72.3 cm³/mol. The fraction of sp³-hybridized carbons (Fsp3) is 1.00. The Morgan fingerprint density at radius 3 is 2.65 bits per heavy atom. The monoisotopic (exact) mass is 243 g/mol. The Kier molecular flexibility index (Phi) is 5.86. The van der Waals surface area contributed by atoms with E-state index in [2.05, 4.69) is 36.0 Å². The lowest BCUT2D eigenvalue weighted by Gasteiger charge is -2.38. The maximum absolute atomic E-state index is 9.33. The molecular weight excluding hydrogens is 214 g/mol. The molecule has 0 aliphatic carbocycles. The third-order valence-electron chi connectivity index (χ3n) is 4.09. The Morgan fingerprint density at radius 1 is 1.41 bits per heavy atom. The van der Waals surface area contributed by atoms with Gasteiger partial charge < -0.3 is 15.3 Å². The van der Waals surface area contributed by atoms with E-state index in [1.54, 1.807) is 0 Å². The van der Waals surface area contributed by atoms with Crippen molar-refractivity contribution in [3.8, 4) is 0 Å². The van der Waals surface area contributed by atoms with Crippen molar-refractivity contribution in [2.45, 2.75) is 38.3 Å². The molecule has 1 rings (SSSR count). The first kappa shape index (κ1) is 14.9. The summed E-state index contributed by atoms with van der Waals surface area (Å²) >= 11 is 0. The molecule has 0 bridgehead atoms. The van der Waals surface area contributed by atoms with Crippen LogP contribution >= 0.6 is 0 Å². The van der Waals surface area contributed by atoms with Crippen molar-refractivity contribution in [2.75, 3.05) is 46.9 Å². The van der Waals surface area contributed by atoms with Crippen molar-refractivity contribution in [1.29, 1.82) is 0 Å². The Labute approximate surface area is 106 Å². The lowest BCUT2D eigenvalue weighted by atomic mass is 9.97. The number of hydrogen-bond acceptors (Lipinski definition) is 4. The highest BCUT2D eigenvalue weighted by Crippen LogP contribution is 2.14. The summed E-state index contributed by atoms with van der Waals surface area (Å²) in [6, 6.07) is 0.656. The lowest BCUT2D eigenvalue weighted by molar-refractivity contribution is 0.0926. The minimum Gasteiger partial charge on any atom is -0.394 e. The van der Waals surface area contributed by atoms with Crippen LogP contribution in [0.5, 0.6) is 0 Å². The van der Waals surface area contributed by atoms with Crippen molar-refractivity contribution in [2.24, 2.45) is 0 Å². The Bertz CT molecular complexity index is 219. The second-order valence-corrected chi connectivity index (χ2v) is 5.72. The highest BCUT2D eigenvalue weighted by atomic mass is 16.3. The van der Waals surface area contributed by atoms with Gasteiger partial charge in [0, 0.05) is 31.2 Å². The smallest absolute Gasteiger partial charge is 0.0610 e. The summed E-state index contributed by atoms with van der Waals surface area (Å²) in [6.45, 7) is 9.26. The van der Waals surface area contributed by atoms with Crippen LogP contribution in [-0.4, -0.2) is 73.4 Å². The molecule has 17 heavy (non-hydrogen) atoms. The van der Waals surface area contributed by atoms with Gasteiger partial charge in [0.1, 0.15) is 0 Å². The van der Waals surface area contributed by atoms with Crippen molar-refractivity contribution in [3.63, 3.8) is 0 Å². The second-order valence-electron chi connectivity index (χ2n) is 5.72. The molecule has 2 unspecified atom stereocenters. The zero-order chi connectivity index (χ0) is 12.9. The maximum Gasteiger partial charge on any atom is 0.0610 e. The minimum absolute atomic E-state index is 0.115. The van der Waals surface area contributed by atoms with Gasteiger partial charge in [-0.25, -0.2) is 0 Å². The summed E-state index contributed by atoms with van der Waals surface area (Å²) in [4.78, 5) is 4.96. The first-order valence-corrected chi connectivity index (χ1v) is 6.73. The summed E-state index contributed by atoms with van der Waals surface area (Å²) in [7, 11) is 4.12. The first-order chi connectivity index (χ1) is 8.00. The summed E-state index contributed by atoms with van der Waals surface area (Å²) < 4.78 is 0. The normalized spacial score (nSPS) is 27.0. The first-order valence-electron chi connectivity index (χ1n) is 6.73. The molecule has 4 nitrogen and oxygen atoms in total. The Hall–Kier alpha value is -0.160.